The second-order valence-electron chi connectivity index (χ2n) is 5.69. The van der Waals surface area contributed by atoms with Crippen molar-refractivity contribution in [2.75, 3.05) is 20.6 Å². The van der Waals surface area contributed by atoms with Gasteiger partial charge in [0.15, 0.2) is 0 Å². The van der Waals surface area contributed by atoms with Crippen LogP contribution in [0.3, 0.4) is 0 Å². The molecule has 1 aliphatic carbocycles. The first-order chi connectivity index (χ1) is 7.00. The van der Waals surface area contributed by atoms with E-state index in [-0.39, 0.29) is 0 Å². The van der Waals surface area contributed by atoms with E-state index in [1.165, 1.54) is 19.3 Å². The van der Waals surface area contributed by atoms with Crippen LogP contribution in [0.1, 0.15) is 40.0 Å². The van der Waals surface area contributed by atoms with E-state index in [0.29, 0.717) is 6.04 Å². The topological polar surface area (TPSA) is 15.3 Å². The Labute approximate surface area is 95.4 Å². The second kappa shape index (κ2) is 5.86. The summed E-state index contributed by atoms with van der Waals surface area (Å²) in [5, 5.41) is 3.71. The predicted octanol–water partition coefficient (Wildman–Crippen LogP) is 2.35. The molecule has 2 heteroatoms. The molecule has 15 heavy (non-hydrogen) atoms. The van der Waals surface area contributed by atoms with E-state index in [1.54, 1.807) is 0 Å². The molecule has 1 N–H and O–H groups in total. The normalized spacial score (nSPS) is 34.4. The van der Waals surface area contributed by atoms with Crippen molar-refractivity contribution in [1.82, 2.24) is 10.2 Å². The highest BCUT2D eigenvalue weighted by Gasteiger charge is 2.24. The van der Waals surface area contributed by atoms with Crippen LogP contribution in [0.5, 0.6) is 0 Å². The molecule has 1 aliphatic rings. The van der Waals surface area contributed by atoms with E-state index in [4.69, 9.17) is 0 Å². The lowest BCUT2D eigenvalue weighted by atomic mass is 9.79. The Morgan fingerprint density at radius 1 is 1.20 bits per heavy atom. The first kappa shape index (κ1) is 13.0. The van der Waals surface area contributed by atoms with Crippen LogP contribution in [0.4, 0.5) is 0 Å². The van der Waals surface area contributed by atoms with Crippen LogP contribution >= 0.6 is 0 Å². The number of nitrogens with zero attached hydrogens (tertiary/aromatic N) is 1. The molecule has 1 saturated carbocycles. The molecule has 0 aromatic rings. The monoisotopic (exact) mass is 212 g/mol. The van der Waals surface area contributed by atoms with Gasteiger partial charge in [0.2, 0.25) is 0 Å². The second-order valence-corrected chi connectivity index (χ2v) is 5.69. The van der Waals surface area contributed by atoms with Crippen LogP contribution in [0, 0.1) is 11.8 Å². The van der Waals surface area contributed by atoms with E-state index < -0.39 is 0 Å². The molecule has 0 heterocycles. The van der Waals surface area contributed by atoms with Gasteiger partial charge in [0.1, 0.15) is 0 Å². The summed E-state index contributed by atoms with van der Waals surface area (Å²) in [7, 11) is 4.30. The fourth-order valence-corrected chi connectivity index (χ4v) is 2.25. The van der Waals surface area contributed by atoms with E-state index in [9.17, 15) is 0 Å². The number of likely N-dealkylation sites (N-methyl/N-ethyl adjacent to an activating group) is 1. The summed E-state index contributed by atoms with van der Waals surface area (Å²) in [5.74, 6) is 1.82. The summed E-state index contributed by atoms with van der Waals surface area (Å²) < 4.78 is 0. The van der Waals surface area contributed by atoms with Gasteiger partial charge in [-0.25, -0.2) is 0 Å². The SMILES string of the molecule is CC1CCC(NCC(C)N(C)C)CC1C. The van der Waals surface area contributed by atoms with Crippen molar-refractivity contribution < 1.29 is 0 Å². The quantitative estimate of drug-likeness (QED) is 0.769. The van der Waals surface area contributed by atoms with Gasteiger partial charge in [0, 0.05) is 18.6 Å². The van der Waals surface area contributed by atoms with Crippen molar-refractivity contribution in [3.8, 4) is 0 Å². The molecule has 0 radical (unpaired) electrons. The Kier molecular flexibility index (Phi) is 5.07. The first-order valence-electron chi connectivity index (χ1n) is 6.40. The van der Waals surface area contributed by atoms with Gasteiger partial charge in [-0.2, -0.15) is 0 Å². The zero-order chi connectivity index (χ0) is 11.4. The molecule has 1 rings (SSSR count). The fourth-order valence-electron chi connectivity index (χ4n) is 2.25. The van der Waals surface area contributed by atoms with E-state index in [0.717, 1.165) is 24.4 Å². The molecular weight excluding hydrogens is 184 g/mol. The van der Waals surface area contributed by atoms with Gasteiger partial charge >= 0.3 is 0 Å². The van der Waals surface area contributed by atoms with Gasteiger partial charge in [-0.15, -0.1) is 0 Å². The van der Waals surface area contributed by atoms with Gasteiger partial charge < -0.3 is 10.2 Å². The van der Waals surface area contributed by atoms with Crippen molar-refractivity contribution in [3.05, 3.63) is 0 Å². The average Bonchev–Trinajstić information content (AvgIpc) is 2.19. The Morgan fingerprint density at radius 2 is 1.87 bits per heavy atom. The van der Waals surface area contributed by atoms with E-state index in [2.05, 4.69) is 45.1 Å². The van der Waals surface area contributed by atoms with Crippen molar-refractivity contribution in [1.29, 1.82) is 0 Å². The van der Waals surface area contributed by atoms with Crippen LogP contribution < -0.4 is 5.32 Å². The highest BCUT2D eigenvalue weighted by molar-refractivity contribution is 4.80. The molecule has 0 aliphatic heterocycles. The highest BCUT2D eigenvalue weighted by Crippen LogP contribution is 2.29. The molecule has 0 saturated heterocycles. The van der Waals surface area contributed by atoms with Crippen LogP contribution in [0.25, 0.3) is 0 Å². The predicted molar refractivity (Wildman–Crippen MR) is 67.1 cm³/mol. The molecule has 0 aromatic carbocycles. The molecule has 0 spiro atoms. The summed E-state index contributed by atoms with van der Waals surface area (Å²) in [6.07, 6.45) is 4.13. The zero-order valence-corrected chi connectivity index (χ0v) is 11.1. The molecule has 4 unspecified atom stereocenters. The first-order valence-corrected chi connectivity index (χ1v) is 6.40. The number of rotatable bonds is 4. The third-order valence-electron chi connectivity index (χ3n) is 4.18. The minimum absolute atomic E-state index is 0.639. The highest BCUT2D eigenvalue weighted by atomic mass is 15.1. The van der Waals surface area contributed by atoms with E-state index in [1.807, 2.05) is 0 Å². The Bertz CT molecular complexity index is 179. The molecule has 2 nitrogen and oxygen atoms in total. The third-order valence-corrected chi connectivity index (χ3v) is 4.18. The smallest absolute Gasteiger partial charge is 0.0186 e. The van der Waals surface area contributed by atoms with Crippen LogP contribution in [-0.4, -0.2) is 37.6 Å². The fraction of sp³-hybridized carbons (Fsp3) is 1.00. The minimum atomic E-state index is 0.639. The van der Waals surface area contributed by atoms with Gasteiger partial charge in [-0.1, -0.05) is 13.8 Å². The summed E-state index contributed by atoms with van der Waals surface area (Å²) in [5.41, 5.74) is 0. The number of hydrogen-bond donors (Lipinski definition) is 1. The summed E-state index contributed by atoms with van der Waals surface area (Å²) in [4.78, 5) is 2.28. The zero-order valence-electron chi connectivity index (χ0n) is 11.1. The van der Waals surface area contributed by atoms with Gasteiger partial charge in [0.25, 0.3) is 0 Å². The summed E-state index contributed by atoms with van der Waals surface area (Å²) in [6.45, 7) is 8.19. The standard InChI is InChI=1S/C13H28N2/c1-10-6-7-13(8-11(10)2)14-9-12(3)15(4)5/h10-14H,6-9H2,1-5H3. The van der Waals surface area contributed by atoms with Gasteiger partial charge in [-0.05, 0) is 52.1 Å². The Balaban J connectivity index is 2.22. The lowest BCUT2D eigenvalue weighted by Crippen LogP contribution is -2.43. The molecule has 1 fully saturated rings. The van der Waals surface area contributed by atoms with Crippen LogP contribution in [0.2, 0.25) is 0 Å². The molecule has 0 aromatic heterocycles. The maximum Gasteiger partial charge on any atom is 0.0186 e. The maximum atomic E-state index is 3.71. The van der Waals surface area contributed by atoms with Crippen LogP contribution in [-0.2, 0) is 0 Å². The number of hydrogen-bond acceptors (Lipinski definition) is 2. The molecule has 0 amide bonds. The largest absolute Gasteiger partial charge is 0.312 e. The average molecular weight is 212 g/mol. The molecule has 0 bridgehead atoms. The lowest BCUT2D eigenvalue weighted by molar-refractivity contribution is 0.211. The van der Waals surface area contributed by atoms with Crippen molar-refractivity contribution >= 4 is 0 Å². The van der Waals surface area contributed by atoms with Crippen molar-refractivity contribution in [2.24, 2.45) is 11.8 Å². The molecular formula is C13H28N2. The maximum absolute atomic E-state index is 3.71. The Morgan fingerprint density at radius 3 is 2.40 bits per heavy atom. The van der Waals surface area contributed by atoms with Gasteiger partial charge in [0.05, 0.1) is 0 Å². The minimum Gasteiger partial charge on any atom is -0.312 e. The molecule has 90 valence electrons. The van der Waals surface area contributed by atoms with Gasteiger partial charge in [-0.3, -0.25) is 0 Å². The summed E-state index contributed by atoms with van der Waals surface area (Å²) >= 11 is 0. The molecule has 4 atom stereocenters. The van der Waals surface area contributed by atoms with E-state index >= 15 is 0 Å². The number of nitrogens with one attached hydrogen (secondary N) is 1. The summed E-state index contributed by atoms with van der Waals surface area (Å²) in [6, 6.07) is 1.40. The van der Waals surface area contributed by atoms with Crippen LogP contribution in [0.15, 0.2) is 0 Å². The Hall–Kier alpha value is -0.0800. The lowest BCUT2D eigenvalue weighted by Gasteiger charge is -2.34. The van der Waals surface area contributed by atoms with Crippen molar-refractivity contribution in [2.45, 2.75) is 52.1 Å². The van der Waals surface area contributed by atoms with Crippen molar-refractivity contribution in [3.63, 3.8) is 0 Å². The third kappa shape index (κ3) is 4.12.